The lowest BCUT2D eigenvalue weighted by Crippen LogP contribution is -2.30. The van der Waals surface area contributed by atoms with Gasteiger partial charge in [-0.3, -0.25) is 0 Å². The highest BCUT2D eigenvalue weighted by molar-refractivity contribution is 7.80. The third-order valence-corrected chi connectivity index (χ3v) is 2.34. The van der Waals surface area contributed by atoms with Crippen molar-refractivity contribution in [2.24, 2.45) is 0 Å². The van der Waals surface area contributed by atoms with Crippen molar-refractivity contribution in [3.63, 3.8) is 0 Å². The van der Waals surface area contributed by atoms with E-state index in [0.29, 0.717) is 17.0 Å². The van der Waals surface area contributed by atoms with Crippen LogP contribution in [0.15, 0.2) is 18.3 Å². The summed E-state index contributed by atoms with van der Waals surface area (Å²) in [7, 11) is 1.59. The molecule has 1 saturated carbocycles. The molecule has 5 heteroatoms. The average molecular weight is 223 g/mol. The van der Waals surface area contributed by atoms with Crippen LogP contribution in [-0.2, 0) is 0 Å². The van der Waals surface area contributed by atoms with Crippen molar-refractivity contribution >= 4 is 23.0 Å². The van der Waals surface area contributed by atoms with Crippen LogP contribution in [-0.4, -0.2) is 23.2 Å². The Kier molecular flexibility index (Phi) is 3.01. The summed E-state index contributed by atoms with van der Waals surface area (Å²) in [6, 6.07) is 4.24. The first kappa shape index (κ1) is 10.2. The summed E-state index contributed by atoms with van der Waals surface area (Å²) in [4.78, 5) is 4.07. The molecule has 80 valence electrons. The maximum atomic E-state index is 5.13. The topological polar surface area (TPSA) is 46.2 Å². The molecule has 0 aliphatic heterocycles. The summed E-state index contributed by atoms with van der Waals surface area (Å²) in [6.45, 7) is 0. The van der Waals surface area contributed by atoms with Gasteiger partial charge in [-0.25, -0.2) is 4.98 Å². The van der Waals surface area contributed by atoms with Crippen LogP contribution in [0.3, 0.4) is 0 Å². The lowest BCUT2D eigenvalue weighted by molar-refractivity contribution is 0.398. The molecule has 1 aromatic heterocycles. The Hall–Kier alpha value is -1.36. The smallest absolute Gasteiger partial charge is 0.213 e. The van der Waals surface area contributed by atoms with Crippen LogP contribution in [0.25, 0.3) is 0 Å². The van der Waals surface area contributed by atoms with Crippen molar-refractivity contribution in [3.8, 4) is 5.88 Å². The fourth-order valence-corrected chi connectivity index (χ4v) is 1.44. The SMILES string of the molecule is COc1ccc(NC(=S)NC2CC2)cn1. The van der Waals surface area contributed by atoms with Gasteiger partial charge in [-0.2, -0.15) is 0 Å². The lowest BCUT2D eigenvalue weighted by Gasteiger charge is -2.09. The van der Waals surface area contributed by atoms with E-state index in [-0.39, 0.29) is 0 Å². The highest BCUT2D eigenvalue weighted by Gasteiger charge is 2.21. The zero-order chi connectivity index (χ0) is 10.7. The Morgan fingerprint density at radius 3 is 2.87 bits per heavy atom. The summed E-state index contributed by atoms with van der Waals surface area (Å²) in [6.07, 6.45) is 4.12. The summed E-state index contributed by atoms with van der Waals surface area (Å²) in [5.41, 5.74) is 0.869. The van der Waals surface area contributed by atoms with Crippen molar-refractivity contribution < 1.29 is 4.74 Å². The minimum atomic E-state index is 0.566. The fourth-order valence-electron chi connectivity index (χ4n) is 1.16. The predicted octanol–water partition coefficient (Wildman–Crippen LogP) is 1.54. The van der Waals surface area contributed by atoms with E-state index in [1.807, 2.05) is 6.07 Å². The minimum Gasteiger partial charge on any atom is -0.481 e. The maximum absolute atomic E-state index is 5.13. The molecule has 2 N–H and O–H groups in total. The molecule has 1 aliphatic rings. The van der Waals surface area contributed by atoms with Crippen LogP contribution < -0.4 is 15.4 Å². The fraction of sp³-hybridized carbons (Fsp3) is 0.400. The Morgan fingerprint density at radius 1 is 1.53 bits per heavy atom. The van der Waals surface area contributed by atoms with E-state index in [4.69, 9.17) is 17.0 Å². The highest BCUT2D eigenvalue weighted by Crippen LogP contribution is 2.19. The Bertz CT molecular complexity index is 348. The molecule has 15 heavy (non-hydrogen) atoms. The van der Waals surface area contributed by atoms with Crippen LogP contribution in [0.4, 0.5) is 5.69 Å². The van der Waals surface area contributed by atoms with E-state index in [0.717, 1.165) is 5.69 Å². The second-order valence-electron chi connectivity index (χ2n) is 3.46. The van der Waals surface area contributed by atoms with Gasteiger partial charge >= 0.3 is 0 Å². The summed E-state index contributed by atoms with van der Waals surface area (Å²) >= 11 is 5.13. The summed E-state index contributed by atoms with van der Waals surface area (Å²) < 4.78 is 4.96. The second kappa shape index (κ2) is 4.44. The summed E-state index contributed by atoms with van der Waals surface area (Å²) in [5, 5.41) is 6.92. The van der Waals surface area contributed by atoms with E-state index in [1.54, 1.807) is 19.4 Å². The second-order valence-corrected chi connectivity index (χ2v) is 3.87. The number of hydrogen-bond acceptors (Lipinski definition) is 3. The standard InChI is InChI=1S/C10H13N3OS/c1-14-9-5-4-8(6-11-9)13-10(15)12-7-2-3-7/h4-7H,2-3H2,1H3,(H2,12,13,15). The third kappa shape index (κ3) is 3.06. The number of ether oxygens (including phenoxy) is 1. The molecule has 0 atom stereocenters. The van der Waals surface area contributed by atoms with Gasteiger partial charge in [-0.15, -0.1) is 0 Å². The van der Waals surface area contributed by atoms with Gasteiger partial charge < -0.3 is 15.4 Å². The van der Waals surface area contributed by atoms with Gasteiger partial charge in [0.15, 0.2) is 5.11 Å². The van der Waals surface area contributed by atoms with Crippen molar-refractivity contribution in [1.82, 2.24) is 10.3 Å². The van der Waals surface area contributed by atoms with E-state index in [1.165, 1.54) is 12.8 Å². The quantitative estimate of drug-likeness (QED) is 0.761. The predicted molar refractivity (Wildman–Crippen MR) is 63.2 cm³/mol. The van der Waals surface area contributed by atoms with Gasteiger partial charge in [-0.1, -0.05) is 0 Å². The van der Waals surface area contributed by atoms with Crippen molar-refractivity contribution in [2.75, 3.05) is 12.4 Å². The largest absolute Gasteiger partial charge is 0.481 e. The molecule has 0 radical (unpaired) electrons. The molecule has 0 spiro atoms. The number of anilines is 1. The van der Waals surface area contributed by atoms with Crippen LogP contribution in [0.2, 0.25) is 0 Å². The molecule has 0 aromatic carbocycles. The van der Waals surface area contributed by atoms with E-state index in [9.17, 15) is 0 Å². The van der Waals surface area contributed by atoms with Gasteiger partial charge in [0.25, 0.3) is 0 Å². The lowest BCUT2D eigenvalue weighted by atomic mass is 10.4. The first-order valence-corrected chi connectivity index (χ1v) is 5.26. The Morgan fingerprint density at radius 2 is 2.33 bits per heavy atom. The number of hydrogen-bond donors (Lipinski definition) is 2. The van der Waals surface area contributed by atoms with Gasteiger partial charge in [0, 0.05) is 12.1 Å². The van der Waals surface area contributed by atoms with Gasteiger partial charge in [0.1, 0.15) is 0 Å². The number of aromatic nitrogens is 1. The molecule has 2 rings (SSSR count). The van der Waals surface area contributed by atoms with Crippen LogP contribution in [0.1, 0.15) is 12.8 Å². The number of pyridine rings is 1. The maximum Gasteiger partial charge on any atom is 0.213 e. The Balaban J connectivity index is 1.88. The highest BCUT2D eigenvalue weighted by atomic mass is 32.1. The number of nitrogens with zero attached hydrogens (tertiary/aromatic N) is 1. The molecule has 0 unspecified atom stereocenters. The molecule has 0 saturated heterocycles. The zero-order valence-electron chi connectivity index (χ0n) is 8.49. The number of nitrogens with one attached hydrogen (secondary N) is 2. The normalized spacial score (nSPS) is 14.5. The minimum absolute atomic E-state index is 0.566. The van der Waals surface area contributed by atoms with Crippen LogP contribution in [0.5, 0.6) is 5.88 Å². The Labute approximate surface area is 94.0 Å². The molecular weight excluding hydrogens is 210 g/mol. The molecule has 0 bridgehead atoms. The zero-order valence-corrected chi connectivity index (χ0v) is 9.30. The van der Waals surface area contributed by atoms with Crippen molar-refractivity contribution in [2.45, 2.75) is 18.9 Å². The van der Waals surface area contributed by atoms with Gasteiger partial charge in [0.05, 0.1) is 19.0 Å². The van der Waals surface area contributed by atoms with Crippen LogP contribution >= 0.6 is 12.2 Å². The van der Waals surface area contributed by atoms with Crippen molar-refractivity contribution in [3.05, 3.63) is 18.3 Å². The monoisotopic (exact) mass is 223 g/mol. The number of rotatable bonds is 3. The van der Waals surface area contributed by atoms with E-state index < -0.39 is 0 Å². The molecule has 1 fully saturated rings. The molecule has 1 heterocycles. The van der Waals surface area contributed by atoms with Gasteiger partial charge in [0.2, 0.25) is 5.88 Å². The molecular formula is C10H13N3OS. The van der Waals surface area contributed by atoms with Crippen molar-refractivity contribution in [1.29, 1.82) is 0 Å². The first-order valence-electron chi connectivity index (χ1n) is 4.85. The van der Waals surface area contributed by atoms with Crippen LogP contribution in [0, 0.1) is 0 Å². The molecule has 4 nitrogen and oxygen atoms in total. The number of thiocarbonyl (C=S) groups is 1. The summed E-state index contributed by atoms with van der Waals surface area (Å²) in [5.74, 6) is 0.599. The van der Waals surface area contributed by atoms with E-state index in [2.05, 4.69) is 15.6 Å². The van der Waals surface area contributed by atoms with Gasteiger partial charge in [-0.05, 0) is 31.1 Å². The molecule has 0 amide bonds. The first-order chi connectivity index (χ1) is 7.28. The van der Waals surface area contributed by atoms with E-state index >= 15 is 0 Å². The molecule has 1 aromatic rings. The average Bonchev–Trinajstić information content (AvgIpc) is 3.03. The number of methoxy groups -OCH3 is 1. The molecule has 1 aliphatic carbocycles. The third-order valence-electron chi connectivity index (χ3n) is 2.12.